The first-order valence-corrected chi connectivity index (χ1v) is 13.2. The molecule has 0 saturated carbocycles. The van der Waals surface area contributed by atoms with Crippen molar-refractivity contribution in [3.63, 3.8) is 0 Å². The largest absolute Gasteiger partial charge is 0.392 e. The standard InChI is InChI=1S/C33H28Cl2N2O/c1-33(2,3)30-29(14-12-21-8-5-4-6-9-21)37-28-15-13-22(19-26(28)31(30)35)25-16-17-36-32(27(25)20-38)23-10-7-11-24(34)18-23/h4-19,38H,20H2,1-3H3/b14-12+. The summed E-state index contributed by atoms with van der Waals surface area (Å²) in [5.41, 5.74) is 7.66. The van der Waals surface area contributed by atoms with E-state index in [-0.39, 0.29) is 12.0 Å². The number of halogens is 2. The topological polar surface area (TPSA) is 46.0 Å². The molecule has 0 spiro atoms. The van der Waals surface area contributed by atoms with Crippen LogP contribution < -0.4 is 0 Å². The number of nitrogens with zero attached hydrogens (tertiary/aromatic N) is 2. The molecule has 1 N–H and O–H groups in total. The molecular weight excluding hydrogens is 511 g/mol. The van der Waals surface area contributed by atoms with Crippen molar-refractivity contribution >= 4 is 46.3 Å². The van der Waals surface area contributed by atoms with Crippen molar-refractivity contribution in [3.05, 3.63) is 117 Å². The molecule has 0 radical (unpaired) electrons. The van der Waals surface area contributed by atoms with E-state index in [0.717, 1.165) is 50.0 Å². The summed E-state index contributed by atoms with van der Waals surface area (Å²) in [5, 5.41) is 12.6. The fourth-order valence-electron chi connectivity index (χ4n) is 4.79. The molecule has 0 aliphatic heterocycles. The molecule has 0 atom stereocenters. The molecule has 2 heterocycles. The molecule has 0 unspecified atom stereocenters. The number of aliphatic hydroxyl groups excluding tert-OH is 1. The molecule has 2 aromatic heterocycles. The van der Waals surface area contributed by atoms with Crippen LogP contribution in [0, 0.1) is 0 Å². The number of aromatic nitrogens is 2. The monoisotopic (exact) mass is 538 g/mol. The zero-order chi connectivity index (χ0) is 26.9. The van der Waals surface area contributed by atoms with E-state index in [9.17, 15) is 5.11 Å². The summed E-state index contributed by atoms with van der Waals surface area (Å²) < 4.78 is 0. The van der Waals surface area contributed by atoms with Gasteiger partial charge in [0.1, 0.15) is 0 Å². The Kier molecular flexibility index (Phi) is 7.36. The summed E-state index contributed by atoms with van der Waals surface area (Å²) in [6.45, 7) is 6.28. The molecule has 0 fully saturated rings. The Labute approximate surface area is 233 Å². The smallest absolute Gasteiger partial charge is 0.0763 e. The molecule has 0 aliphatic carbocycles. The van der Waals surface area contributed by atoms with Gasteiger partial charge < -0.3 is 5.11 Å². The van der Waals surface area contributed by atoms with Gasteiger partial charge in [-0.05, 0) is 58.5 Å². The summed E-state index contributed by atoms with van der Waals surface area (Å²) >= 11 is 13.4. The second kappa shape index (κ2) is 10.7. The van der Waals surface area contributed by atoms with Crippen LogP contribution in [0.2, 0.25) is 10.0 Å². The fourth-order valence-corrected chi connectivity index (χ4v) is 5.51. The third-order valence-electron chi connectivity index (χ3n) is 6.56. The van der Waals surface area contributed by atoms with E-state index in [4.69, 9.17) is 28.2 Å². The number of pyridine rings is 2. The Hall–Kier alpha value is -3.50. The van der Waals surface area contributed by atoms with Crippen LogP contribution in [-0.2, 0) is 12.0 Å². The van der Waals surface area contributed by atoms with Crippen LogP contribution in [-0.4, -0.2) is 15.1 Å². The van der Waals surface area contributed by atoms with Crippen LogP contribution in [0.1, 0.15) is 43.2 Å². The maximum atomic E-state index is 10.4. The summed E-state index contributed by atoms with van der Waals surface area (Å²) in [7, 11) is 0. The van der Waals surface area contributed by atoms with E-state index in [1.54, 1.807) is 6.20 Å². The third-order valence-corrected chi connectivity index (χ3v) is 7.18. The van der Waals surface area contributed by atoms with Gasteiger partial charge in [-0.1, -0.05) is 98.6 Å². The predicted octanol–water partition coefficient (Wildman–Crippen LogP) is 9.23. The molecular formula is C33H28Cl2N2O. The maximum Gasteiger partial charge on any atom is 0.0763 e. The number of aliphatic hydroxyl groups is 1. The van der Waals surface area contributed by atoms with E-state index in [2.05, 4.69) is 50.0 Å². The van der Waals surface area contributed by atoms with Crippen molar-refractivity contribution in [2.75, 3.05) is 0 Å². The highest BCUT2D eigenvalue weighted by molar-refractivity contribution is 6.36. The van der Waals surface area contributed by atoms with E-state index in [1.807, 2.05) is 66.7 Å². The van der Waals surface area contributed by atoms with Gasteiger partial charge in [0, 0.05) is 33.3 Å². The quantitative estimate of drug-likeness (QED) is 0.242. The Morgan fingerprint density at radius 2 is 1.63 bits per heavy atom. The highest BCUT2D eigenvalue weighted by atomic mass is 35.5. The van der Waals surface area contributed by atoms with Gasteiger partial charge in [-0.15, -0.1) is 0 Å². The van der Waals surface area contributed by atoms with E-state index >= 15 is 0 Å². The number of benzene rings is 3. The van der Waals surface area contributed by atoms with Gasteiger partial charge in [0.2, 0.25) is 0 Å². The molecule has 5 heteroatoms. The number of rotatable bonds is 5. The Morgan fingerprint density at radius 1 is 0.842 bits per heavy atom. The minimum atomic E-state index is -0.225. The Bertz CT molecular complexity index is 1650. The molecule has 0 saturated heterocycles. The molecule has 0 aliphatic rings. The second-order valence-corrected chi connectivity index (χ2v) is 11.1. The van der Waals surface area contributed by atoms with Crippen LogP contribution >= 0.6 is 23.2 Å². The first-order chi connectivity index (χ1) is 18.3. The zero-order valence-corrected chi connectivity index (χ0v) is 23.1. The van der Waals surface area contributed by atoms with Crippen molar-refractivity contribution < 1.29 is 5.11 Å². The van der Waals surface area contributed by atoms with Gasteiger partial charge in [-0.25, -0.2) is 4.98 Å². The second-order valence-electron chi connectivity index (χ2n) is 10.3. The van der Waals surface area contributed by atoms with Crippen LogP contribution in [0.5, 0.6) is 0 Å². The van der Waals surface area contributed by atoms with Gasteiger partial charge in [-0.3, -0.25) is 4.98 Å². The Morgan fingerprint density at radius 3 is 2.34 bits per heavy atom. The number of hydrogen-bond acceptors (Lipinski definition) is 3. The highest BCUT2D eigenvalue weighted by Gasteiger charge is 2.24. The van der Waals surface area contributed by atoms with Gasteiger partial charge in [0.05, 0.1) is 28.5 Å². The zero-order valence-electron chi connectivity index (χ0n) is 21.5. The lowest BCUT2D eigenvalue weighted by molar-refractivity contribution is 0.282. The summed E-state index contributed by atoms with van der Waals surface area (Å²) in [6.07, 6.45) is 5.86. The van der Waals surface area contributed by atoms with Crippen molar-refractivity contribution in [2.24, 2.45) is 0 Å². The van der Waals surface area contributed by atoms with Crippen molar-refractivity contribution in [1.29, 1.82) is 0 Å². The van der Waals surface area contributed by atoms with Crippen molar-refractivity contribution in [2.45, 2.75) is 32.8 Å². The fraction of sp³-hybridized carbons (Fsp3) is 0.152. The first-order valence-electron chi connectivity index (χ1n) is 12.5. The lowest BCUT2D eigenvalue weighted by atomic mass is 9.84. The normalized spacial score (nSPS) is 11.9. The number of fused-ring (bicyclic) bond motifs is 1. The highest BCUT2D eigenvalue weighted by Crippen LogP contribution is 2.40. The van der Waals surface area contributed by atoms with Gasteiger partial charge in [0.15, 0.2) is 0 Å². The molecule has 0 amide bonds. The van der Waals surface area contributed by atoms with Gasteiger partial charge in [0.25, 0.3) is 0 Å². The average Bonchev–Trinajstić information content (AvgIpc) is 2.91. The van der Waals surface area contributed by atoms with Crippen LogP contribution in [0.4, 0.5) is 0 Å². The number of hydrogen-bond donors (Lipinski definition) is 1. The predicted molar refractivity (Wildman–Crippen MR) is 160 cm³/mol. The molecule has 38 heavy (non-hydrogen) atoms. The molecule has 0 bridgehead atoms. The van der Waals surface area contributed by atoms with E-state index < -0.39 is 0 Å². The lowest BCUT2D eigenvalue weighted by Crippen LogP contribution is -2.15. The lowest BCUT2D eigenvalue weighted by Gasteiger charge is -2.24. The van der Waals surface area contributed by atoms with Crippen LogP contribution in [0.3, 0.4) is 0 Å². The summed E-state index contributed by atoms with van der Waals surface area (Å²) in [4.78, 5) is 9.59. The van der Waals surface area contributed by atoms with E-state index in [1.165, 1.54) is 0 Å². The first kappa shape index (κ1) is 26.1. The van der Waals surface area contributed by atoms with E-state index in [0.29, 0.717) is 15.7 Å². The third kappa shape index (κ3) is 5.23. The Balaban J connectivity index is 1.67. The van der Waals surface area contributed by atoms with Crippen molar-refractivity contribution in [3.8, 4) is 22.4 Å². The SMILES string of the molecule is CC(C)(C)c1c(/C=C/c2ccccc2)nc2ccc(-c3ccnc(-c4cccc(Cl)c4)c3CO)cc2c1Cl. The molecule has 3 nitrogen and oxygen atoms in total. The van der Waals surface area contributed by atoms with Gasteiger partial charge >= 0.3 is 0 Å². The summed E-state index contributed by atoms with van der Waals surface area (Å²) in [5.74, 6) is 0. The molecule has 3 aromatic carbocycles. The van der Waals surface area contributed by atoms with Crippen LogP contribution in [0.25, 0.3) is 45.4 Å². The van der Waals surface area contributed by atoms with Gasteiger partial charge in [-0.2, -0.15) is 0 Å². The summed E-state index contributed by atoms with van der Waals surface area (Å²) in [6, 6.07) is 25.6. The van der Waals surface area contributed by atoms with Crippen molar-refractivity contribution in [1.82, 2.24) is 9.97 Å². The average molecular weight is 540 g/mol. The molecule has 5 aromatic rings. The minimum Gasteiger partial charge on any atom is -0.392 e. The minimum absolute atomic E-state index is 0.161. The maximum absolute atomic E-state index is 10.4. The van der Waals surface area contributed by atoms with Crippen LogP contribution in [0.15, 0.2) is 85.1 Å². The molecule has 5 rings (SSSR count). The molecule has 190 valence electrons.